The fourth-order valence-electron chi connectivity index (χ4n) is 2.53. The third-order valence-corrected chi connectivity index (χ3v) is 3.25. The van der Waals surface area contributed by atoms with E-state index in [1.54, 1.807) is 0 Å². The van der Waals surface area contributed by atoms with Gasteiger partial charge in [0.1, 0.15) is 5.76 Å². The summed E-state index contributed by atoms with van der Waals surface area (Å²) < 4.78 is 11.6. The van der Waals surface area contributed by atoms with Gasteiger partial charge in [-0.2, -0.15) is 0 Å². The van der Waals surface area contributed by atoms with Gasteiger partial charge in [-0.15, -0.1) is 0 Å². The Bertz CT molecular complexity index is 511. The summed E-state index contributed by atoms with van der Waals surface area (Å²) in [6.07, 6.45) is 4.75. The van der Waals surface area contributed by atoms with Gasteiger partial charge in [0.05, 0.1) is 6.61 Å². The molecule has 2 heteroatoms. The molecule has 1 aliphatic carbocycles. The van der Waals surface area contributed by atoms with E-state index in [0.29, 0.717) is 6.61 Å². The van der Waals surface area contributed by atoms with Crippen molar-refractivity contribution in [1.29, 1.82) is 0 Å². The molecule has 2 aromatic rings. The monoisotopic (exact) mass is 216 g/mol. The predicted molar refractivity (Wildman–Crippen MR) is 64.0 cm³/mol. The van der Waals surface area contributed by atoms with E-state index in [-0.39, 0.29) is 0 Å². The molecule has 0 N–H and O–H groups in total. The van der Waals surface area contributed by atoms with E-state index in [1.165, 1.54) is 29.6 Å². The Balaban J connectivity index is 2.21. The molecule has 0 saturated carbocycles. The minimum Gasteiger partial charge on any atom is -0.490 e. The van der Waals surface area contributed by atoms with Gasteiger partial charge in [0.25, 0.3) is 0 Å². The summed E-state index contributed by atoms with van der Waals surface area (Å²) >= 11 is 0. The molecule has 0 aliphatic heterocycles. The van der Waals surface area contributed by atoms with Crippen molar-refractivity contribution in [2.45, 2.75) is 32.6 Å². The Morgan fingerprint density at radius 2 is 2.12 bits per heavy atom. The zero-order chi connectivity index (χ0) is 11.0. The fraction of sp³-hybridized carbons (Fsp3) is 0.429. The molecule has 0 spiro atoms. The zero-order valence-electron chi connectivity index (χ0n) is 9.58. The Morgan fingerprint density at radius 3 is 3.00 bits per heavy atom. The van der Waals surface area contributed by atoms with Gasteiger partial charge in [-0.1, -0.05) is 12.1 Å². The Kier molecular flexibility index (Phi) is 2.35. The van der Waals surface area contributed by atoms with Crippen LogP contribution in [0.4, 0.5) is 0 Å². The highest BCUT2D eigenvalue weighted by molar-refractivity contribution is 5.87. The molecule has 0 fully saturated rings. The van der Waals surface area contributed by atoms with E-state index in [4.69, 9.17) is 9.15 Å². The Morgan fingerprint density at radius 1 is 1.25 bits per heavy atom. The van der Waals surface area contributed by atoms with Crippen molar-refractivity contribution in [3.05, 3.63) is 29.5 Å². The van der Waals surface area contributed by atoms with E-state index in [0.717, 1.165) is 24.2 Å². The lowest BCUT2D eigenvalue weighted by Gasteiger charge is -2.08. The van der Waals surface area contributed by atoms with Crippen molar-refractivity contribution in [3.63, 3.8) is 0 Å². The van der Waals surface area contributed by atoms with Gasteiger partial charge in [-0.05, 0) is 32.3 Å². The van der Waals surface area contributed by atoms with E-state index in [2.05, 4.69) is 12.1 Å². The molecule has 1 heterocycles. The topological polar surface area (TPSA) is 22.4 Å². The quantitative estimate of drug-likeness (QED) is 0.763. The highest BCUT2D eigenvalue weighted by Gasteiger charge is 2.19. The third-order valence-electron chi connectivity index (χ3n) is 3.25. The van der Waals surface area contributed by atoms with Gasteiger partial charge < -0.3 is 9.15 Å². The molecule has 0 unspecified atom stereocenters. The maximum absolute atomic E-state index is 5.95. The van der Waals surface area contributed by atoms with Crippen molar-refractivity contribution in [3.8, 4) is 5.75 Å². The summed E-state index contributed by atoms with van der Waals surface area (Å²) in [6.45, 7) is 2.69. The minimum atomic E-state index is 0.685. The first-order valence-electron chi connectivity index (χ1n) is 6.06. The highest BCUT2D eigenvalue weighted by atomic mass is 16.5. The molecule has 0 atom stereocenters. The van der Waals surface area contributed by atoms with Gasteiger partial charge in [0, 0.05) is 17.4 Å². The van der Waals surface area contributed by atoms with Gasteiger partial charge in [0.2, 0.25) is 0 Å². The number of para-hydroxylation sites is 1. The minimum absolute atomic E-state index is 0.685. The van der Waals surface area contributed by atoms with E-state index >= 15 is 0 Å². The zero-order valence-corrected chi connectivity index (χ0v) is 9.58. The van der Waals surface area contributed by atoms with Crippen LogP contribution in [0.5, 0.6) is 5.75 Å². The number of furan rings is 1. The summed E-state index contributed by atoms with van der Waals surface area (Å²) in [5.74, 6) is 2.06. The summed E-state index contributed by atoms with van der Waals surface area (Å²) in [5.41, 5.74) is 2.35. The predicted octanol–water partition coefficient (Wildman–Crippen LogP) is 3.71. The number of benzene rings is 1. The van der Waals surface area contributed by atoms with E-state index in [1.807, 2.05) is 13.0 Å². The van der Waals surface area contributed by atoms with Gasteiger partial charge in [0.15, 0.2) is 11.3 Å². The lowest BCUT2D eigenvalue weighted by Crippen LogP contribution is -1.98. The van der Waals surface area contributed by atoms with Crippen LogP contribution in [0, 0.1) is 0 Å². The largest absolute Gasteiger partial charge is 0.490 e. The first-order chi connectivity index (χ1) is 7.90. The second-order valence-corrected chi connectivity index (χ2v) is 4.28. The average molecular weight is 216 g/mol. The first kappa shape index (κ1) is 9.76. The standard InChI is InChI=1S/C14H16O2/c1-2-15-13-9-5-7-11-10-6-3-4-8-12(10)16-14(11)13/h5,7,9H,2-4,6,8H2,1H3. The number of hydrogen-bond acceptors (Lipinski definition) is 2. The maximum atomic E-state index is 5.95. The van der Waals surface area contributed by atoms with Crippen LogP contribution in [0.2, 0.25) is 0 Å². The molecule has 2 nitrogen and oxygen atoms in total. The van der Waals surface area contributed by atoms with Crippen molar-refractivity contribution < 1.29 is 9.15 Å². The van der Waals surface area contributed by atoms with Crippen molar-refractivity contribution in [2.24, 2.45) is 0 Å². The number of hydrogen-bond donors (Lipinski definition) is 0. The lowest BCUT2D eigenvalue weighted by atomic mass is 9.96. The molecule has 1 aromatic carbocycles. The number of fused-ring (bicyclic) bond motifs is 3. The molecule has 3 rings (SSSR count). The van der Waals surface area contributed by atoms with Crippen LogP contribution in [0.1, 0.15) is 31.1 Å². The molecule has 84 valence electrons. The average Bonchev–Trinajstić information content (AvgIpc) is 2.69. The van der Waals surface area contributed by atoms with Crippen molar-refractivity contribution in [1.82, 2.24) is 0 Å². The molecule has 16 heavy (non-hydrogen) atoms. The molecule has 0 saturated heterocycles. The van der Waals surface area contributed by atoms with Crippen LogP contribution in [0.15, 0.2) is 22.6 Å². The maximum Gasteiger partial charge on any atom is 0.176 e. The Labute approximate surface area is 95.2 Å². The fourth-order valence-corrected chi connectivity index (χ4v) is 2.53. The summed E-state index contributed by atoms with van der Waals surface area (Å²) in [5, 5.41) is 1.25. The van der Waals surface area contributed by atoms with Crippen LogP contribution >= 0.6 is 0 Å². The molecular weight excluding hydrogens is 200 g/mol. The van der Waals surface area contributed by atoms with Crippen LogP contribution in [0.3, 0.4) is 0 Å². The molecule has 0 radical (unpaired) electrons. The second-order valence-electron chi connectivity index (χ2n) is 4.28. The molecule has 0 amide bonds. The molecular formula is C14H16O2. The van der Waals surface area contributed by atoms with Crippen molar-refractivity contribution >= 4 is 11.0 Å². The molecule has 0 bridgehead atoms. The van der Waals surface area contributed by atoms with Gasteiger partial charge >= 0.3 is 0 Å². The molecule has 1 aliphatic rings. The smallest absolute Gasteiger partial charge is 0.176 e. The normalized spacial score (nSPS) is 15.1. The van der Waals surface area contributed by atoms with Gasteiger partial charge in [-0.3, -0.25) is 0 Å². The third kappa shape index (κ3) is 1.41. The first-order valence-corrected chi connectivity index (χ1v) is 6.06. The lowest BCUT2D eigenvalue weighted by molar-refractivity contribution is 0.337. The Hall–Kier alpha value is -1.44. The number of rotatable bonds is 2. The van der Waals surface area contributed by atoms with Crippen LogP contribution in [-0.4, -0.2) is 6.61 Å². The van der Waals surface area contributed by atoms with Crippen LogP contribution in [0.25, 0.3) is 11.0 Å². The summed E-state index contributed by atoms with van der Waals surface area (Å²) in [7, 11) is 0. The van der Waals surface area contributed by atoms with Crippen LogP contribution in [-0.2, 0) is 12.8 Å². The van der Waals surface area contributed by atoms with Gasteiger partial charge in [-0.25, -0.2) is 0 Å². The highest BCUT2D eigenvalue weighted by Crippen LogP contribution is 2.36. The summed E-state index contributed by atoms with van der Waals surface area (Å²) in [4.78, 5) is 0. The SMILES string of the molecule is CCOc1cccc2c3c(oc12)CCCC3. The number of ether oxygens (including phenoxy) is 1. The summed E-state index contributed by atoms with van der Waals surface area (Å²) in [6, 6.07) is 6.18. The molecule has 1 aromatic heterocycles. The number of aryl methyl sites for hydroxylation is 2. The van der Waals surface area contributed by atoms with Crippen molar-refractivity contribution in [2.75, 3.05) is 6.61 Å². The van der Waals surface area contributed by atoms with Crippen LogP contribution < -0.4 is 4.74 Å². The second kappa shape index (κ2) is 3.85. The van der Waals surface area contributed by atoms with E-state index in [9.17, 15) is 0 Å². The van der Waals surface area contributed by atoms with E-state index < -0.39 is 0 Å².